The van der Waals surface area contributed by atoms with E-state index in [1.54, 1.807) is 0 Å². The van der Waals surface area contributed by atoms with E-state index in [4.69, 9.17) is 5.73 Å². The quantitative estimate of drug-likeness (QED) is 0.772. The molecule has 16 heavy (non-hydrogen) atoms. The van der Waals surface area contributed by atoms with Gasteiger partial charge in [-0.05, 0) is 18.8 Å². The van der Waals surface area contributed by atoms with Gasteiger partial charge >= 0.3 is 0 Å². The van der Waals surface area contributed by atoms with Gasteiger partial charge in [0.25, 0.3) is 6.43 Å². The first-order valence-corrected chi connectivity index (χ1v) is 5.22. The first-order valence-electron chi connectivity index (χ1n) is 5.22. The van der Waals surface area contributed by atoms with Gasteiger partial charge in [-0.1, -0.05) is 5.21 Å². The summed E-state index contributed by atoms with van der Waals surface area (Å²) in [6.07, 6.45) is -1.39. The fraction of sp³-hybridized carbons (Fsp3) is 0.778. The van der Waals surface area contributed by atoms with Crippen molar-refractivity contribution in [2.75, 3.05) is 0 Å². The van der Waals surface area contributed by atoms with Crippen molar-refractivity contribution in [3.05, 3.63) is 11.4 Å². The van der Waals surface area contributed by atoms with E-state index in [9.17, 15) is 13.9 Å². The topological polar surface area (TPSA) is 77.0 Å². The molecule has 1 aromatic heterocycles. The van der Waals surface area contributed by atoms with Crippen LogP contribution < -0.4 is 5.73 Å². The van der Waals surface area contributed by atoms with Crippen LogP contribution in [0.15, 0.2) is 0 Å². The van der Waals surface area contributed by atoms with Crippen molar-refractivity contribution in [1.82, 2.24) is 15.0 Å². The molecule has 3 N–H and O–H groups in total. The number of alkyl halides is 2. The van der Waals surface area contributed by atoms with Crippen LogP contribution >= 0.6 is 0 Å². The first-order chi connectivity index (χ1) is 7.63. The van der Waals surface area contributed by atoms with Crippen molar-refractivity contribution in [3.63, 3.8) is 0 Å². The molecule has 0 spiro atoms. The molecule has 0 aliphatic heterocycles. The van der Waals surface area contributed by atoms with Crippen molar-refractivity contribution in [3.8, 4) is 0 Å². The molecule has 1 aliphatic rings. The molecule has 0 bridgehead atoms. The Labute approximate surface area is 91.2 Å². The minimum absolute atomic E-state index is 0.0668. The molecule has 7 heteroatoms. The summed E-state index contributed by atoms with van der Waals surface area (Å²) in [5.74, 6) is 0.219. The minimum Gasteiger partial charge on any atom is -0.391 e. The van der Waals surface area contributed by atoms with Crippen LogP contribution in [0.5, 0.6) is 0 Å². The van der Waals surface area contributed by atoms with Crippen molar-refractivity contribution < 1.29 is 13.9 Å². The van der Waals surface area contributed by atoms with Crippen LogP contribution in [0.4, 0.5) is 8.78 Å². The molecule has 0 saturated heterocycles. The lowest BCUT2D eigenvalue weighted by Crippen LogP contribution is -2.21. The number of aliphatic hydroxyl groups is 1. The summed E-state index contributed by atoms with van der Waals surface area (Å²) >= 11 is 0. The summed E-state index contributed by atoms with van der Waals surface area (Å²) in [5, 5.41) is 16.9. The third-order valence-electron chi connectivity index (χ3n) is 2.77. The molecular formula is C9H14F2N4O. The number of hydrogen-bond acceptors (Lipinski definition) is 4. The van der Waals surface area contributed by atoms with E-state index in [0.717, 1.165) is 17.5 Å². The Balaban J connectivity index is 2.15. The van der Waals surface area contributed by atoms with Crippen molar-refractivity contribution in [2.24, 2.45) is 11.7 Å². The maximum absolute atomic E-state index is 12.7. The number of nitrogens with two attached hydrogens (primary N) is 1. The average molecular weight is 232 g/mol. The van der Waals surface area contributed by atoms with Crippen molar-refractivity contribution >= 4 is 0 Å². The normalized spacial score (nSPS) is 18.1. The van der Waals surface area contributed by atoms with Gasteiger partial charge in [-0.3, -0.25) is 0 Å². The van der Waals surface area contributed by atoms with Gasteiger partial charge in [0.15, 0.2) is 0 Å². The fourth-order valence-corrected chi connectivity index (χ4v) is 1.68. The number of nitrogens with zero attached hydrogens (tertiary/aromatic N) is 3. The molecular weight excluding hydrogens is 218 g/mol. The third kappa shape index (κ3) is 2.19. The monoisotopic (exact) mass is 232 g/mol. The number of aromatic nitrogens is 3. The van der Waals surface area contributed by atoms with Crippen LogP contribution in [0.25, 0.3) is 0 Å². The zero-order valence-electron chi connectivity index (χ0n) is 8.68. The number of hydrogen-bond donors (Lipinski definition) is 2. The molecule has 0 amide bonds. The highest BCUT2D eigenvalue weighted by Gasteiger charge is 2.31. The van der Waals surface area contributed by atoms with Crippen LogP contribution in [-0.4, -0.2) is 26.2 Å². The Kier molecular flexibility index (Phi) is 3.15. The molecule has 1 unspecified atom stereocenters. The van der Waals surface area contributed by atoms with Crippen LogP contribution in [0.3, 0.4) is 0 Å². The maximum Gasteiger partial charge on any atom is 0.281 e. The van der Waals surface area contributed by atoms with Crippen LogP contribution in [0.1, 0.15) is 30.7 Å². The SMILES string of the molecule is NCc1nnn(CC(O)C2CC2)c1C(F)F. The van der Waals surface area contributed by atoms with E-state index < -0.39 is 12.5 Å². The molecule has 2 rings (SSSR count). The predicted molar refractivity (Wildman–Crippen MR) is 51.6 cm³/mol. The van der Waals surface area contributed by atoms with E-state index in [2.05, 4.69) is 10.3 Å². The lowest BCUT2D eigenvalue weighted by atomic mass is 10.2. The highest BCUT2D eigenvalue weighted by molar-refractivity contribution is 5.11. The fourth-order valence-electron chi connectivity index (χ4n) is 1.68. The summed E-state index contributed by atoms with van der Waals surface area (Å²) in [6, 6.07) is 0. The molecule has 1 fully saturated rings. The summed E-state index contributed by atoms with van der Waals surface area (Å²) < 4.78 is 26.5. The van der Waals surface area contributed by atoms with Gasteiger partial charge in [-0.25, -0.2) is 13.5 Å². The van der Waals surface area contributed by atoms with Gasteiger partial charge in [-0.15, -0.1) is 5.10 Å². The molecule has 1 atom stereocenters. The van der Waals surface area contributed by atoms with E-state index >= 15 is 0 Å². The Bertz CT molecular complexity index is 364. The lowest BCUT2D eigenvalue weighted by Gasteiger charge is -2.11. The summed E-state index contributed by atoms with van der Waals surface area (Å²) in [5.41, 5.74) is 5.11. The van der Waals surface area contributed by atoms with E-state index in [0.29, 0.717) is 0 Å². The van der Waals surface area contributed by atoms with Crippen LogP contribution in [0.2, 0.25) is 0 Å². The molecule has 0 aromatic carbocycles. The largest absolute Gasteiger partial charge is 0.391 e. The third-order valence-corrected chi connectivity index (χ3v) is 2.77. The molecule has 1 heterocycles. The molecule has 1 saturated carbocycles. The number of aliphatic hydroxyl groups excluding tert-OH is 1. The number of rotatable bonds is 5. The Morgan fingerprint density at radius 3 is 2.69 bits per heavy atom. The van der Waals surface area contributed by atoms with Gasteiger partial charge in [0, 0.05) is 6.54 Å². The summed E-state index contributed by atoms with van der Waals surface area (Å²) in [4.78, 5) is 0. The van der Waals surface area contributed by atoms with Crippen molar-refractivity contribution in [1.29, 1.82) is 0 Å². The number of halogens is 2. The summed E-state index contributed by atoms with van der Waals surface area (Å²) in [6.45, 7) is -0.00344. The highest BCUT2D eigenvalue weighted by atomic mass is 19.3. The second kappa shape index (κ2) is 4.42. The molecule has 1 aliphatic carbocycles. The predicted octanol–water partition coefficient (Wildman–Crippen LogP) is 0.445. The van der Waals surface area contributed by atoms with E-state index in [1.165, 1.54) is 0 Å². The Morgan fingerprint density at radius 2 is 2.19 bits per heavy atom. The van der Waals surface area contributed by atoms with Gasteiger partial charge in [0.05, 0.1) is 12.6 Å². The first kappa shape index (κ1) is 11.4. The molecule has 1 aromatic rings. The second-order valence-corrected chi connectivity index (χ2v) is 4.01. The zero-order chi connectivity index (χ0) is 11.7. The van der Waals surface area contributed by atoms with E-state index in [1.807, 2.05) is 0 Å². The van der Waals surface area contributed by atoms with Crippen LogP contribution in [0, 0.1) is 5.92 Å². The standard InChI is InChI=1S/C9H14F2N4O/c10-9(11)8-6(3-12)13-14-15(8)4-7(16)5-1-2-5/h5,7,9,16H,1-4,12H2. The molecule has 5 nitrogen and oxygen atoms in total. The molecule has 90 valence electrons. The smallest absolute Gasteiger partial charge is 0.281 e. The van der Waals surface area contributed by atoms with Gasteiger partial charge in [0.2, 0.25) is 0 Å². The van der Waals surface area contributed by atoms with Gasteiger partial charge in [0.1, 0.15) is 11.4 Å². The second-order valence-electron chi connectivity index (χ2n) is 4.01. The minimum atomic E-state index is -2.67. The van der Waals surface area contributed by atoms with E-state index in [-0.39, 0.29) is 30.4 Å². The Morgan fingerprint density at radius 1 is 1.50 bits per heavy atom. The average Bonchev–Trinajstić information content (AvgIpc) is 3.00. The molecule has 0 radical (unpaired) electrons. The Hall–Kier alpha value is -1.08. The lowest BCUT2D eigenvalue weighted by molar-refractivity contribution is 0.107. The van der Waals surface area contributed by atoms with Gasteiger partial charge < -0.3 is 10.8 Å². The highest BCUT2D eigenvalue weighted by Crippen LogP contribution is 2.33. The van der Waals surface area contributed by atoms with Gasteiger partial charge in [-0.2, -0.15) is 0 Å². The van der Waals surface area contributed by atoms with Crippen molar-refractivity contribution in [2.45, 2.75) is 38.5 Å². The maximum atomic E-state index is 12.7. The summed E-state index contributed by atoms with van der Waals surface area (Å²) in [7, 11) is 0. The van der Waals surface area contributed by atoms with Crippen LogP contribution in [-0.2, 0) is 13.1 Å². The zero-order valence-corrected chi connectivity index (χ0v) is 8.68.